The summed E-state index contributed by atoms with van der Waals surface area (Å²) in [6.07, 6.45) is 3.44. The standard InChI is InChI=1S/C10H18N2/c1-7-5-8(2)10(12-4)9(6-7)11-3/h6-7,11-12H,5H2,1-4H3. The van der Waals surface area contributed by atoms with Gasteiger partial charge in [-0.25, -0.2) is 0 Å². The maximum atomic E-state index is 3.22. The maximum absolute atomic E-state index is 3.22. The molecule has 0 radical (unpaired) electrons. The van der Waals surface area contributed by atoms with Crippen molar-refractivity contribution in [3.8, 4) is 0 Å². The van der Waals surface area contributed by atoms with Crippen molar-refractivity contribution in [2.75, 3.05) is 14.1 Å². The lowest BCUT2D eigenvalue weighted by molar-refractivity contribution is 0.663. The van der Waals surface area contributed by atoms with Gasteiger partial charge in [-0.2, -0.15) is 0 Å². The lowest BCUT2D eigenvalue weighted by Crippen LogP contribution is -2.23. The van der Waals surface area contributed by atoms with E-state index in [1.807, 2.05) is 14.1 Å². The van der Waals surface area contributed by atoms with Gasteiger partial charge in [0.25, 0.3) is 0 Å². The van der Waals surface area contributed by atoms with Crippen molar-refractivity contribution in [3.63, 3.8) is 0 Å². The molecular weight excluding hydrogens is 148 g/mol. The highest BCUT2D eigenvalue weighted by Gasteiger charge is 2.14. The summed E-state index contributed by atoms with van der Waals surface area (Å²) in [5.41, 5.74) is 3.93. The Labute approximate surface area is 74.7 Å². The first-order valence-electron chi connectivity index (χ1n) is 4.46. The Bertz CT molecular complexity index is 226. The fourth-order valence-electron chi connectivity index (χ4n) is 1.80. The Kier molecular flexibility index (Phi) is 2.79. The quantitative estimate of drug-likeness (QED) is 0.651. The molecule has 1 rings (SSSR count). The van der Waals surface area contributed by atoms with Gasteiger partial charge >= 0.3 is 0 Å². The zero-order valence-electron chi connectivity index (χ0n) is 8.36. The molecule has 0 heterocycles. The number of likely N-dealkylation sites (N-methyl/N-ethyl adjacent to an activating group) is 2. The molecule has 0 aromatic carbocycles. The second-order valence-corrected chi connectivity index (χ2v) is 3.42. The summed E-state index contributed by atoms with van der Waals surface area (Å²) in [7, 11) is 3.94. The summed E-state index contributed by atoms with van der Waals surface area (Å²) in [4.78, 5) is 0. The molecule has 0 aliphatic heterocycles. The van der Waals surface area contributed by atoms with Crippen LogP contribution in [0.4, 0.5) is 0 Å². The Hall–Kier alpha value is -0.920. The van der Waals surface area contributed by atoms with Crippen LogP contribution in [-0.2, 0) is 0 Å². The average molecular weight is 166 g/mol. The molecule has 0 spiro atoms. The van der Waals surface area contributed by atoms with Gasteiger partial charge in [-0.3, -0.25) is 0 Å². The highest BCUT2D eigenvalue weighted by atomic mass is 14.9. The van der Waals surface area contributed by atoms with E-state index in [2.05, 4.69) is 30.6 Å². The van der Waals surface area contributed by atoms with Gasteiger partial charge in [-0.1, -0.05) is 13.0 Å². The SMILES string of the molecule is CNC1=CC(C)CC(C)=C1NC. The summed E-state index contributed by atoms with van der Waals surface area (Å²) < 4.78 is 0. The van der Waals surface area contributed by atoms with Crippen molar-refractivity contribution in [3.05, 3.63) is 23.0 Å². The Balaban J connectivity index is 2.92. The van der Waals surface area contributed by atoms with Gasteiger partial charge in [0.1, 0.15) is 0 Å². The fraction of sp³-hybridized carbons (Fsp3) is 0.600. The van der Waals surface area contributed by atoms with Crippen LogP contribution in [0, 0.1) is 5.92 Å². The van der Waals surface area contributed by atoms with Crippen molar-refractivity contribution in [2.24, 2.45) is 5.92 Å². The Morgan fingerprint density at radius 2 is 2.00 bits per heavy atom. The van der Waals surface area contributed by atoms with E-state index in [-0.39, 0.29) is 0 Å². The molecule has 0 aromatic rings. The van der Waals surface area contributed by atoms with Crippen LogP contribution in [0.25, 0.3) is 0 Å². The second-order valence-electron chi connectivity index (χ2n) is 3.42. The normalized spacial score (nSPS) is 23.7. The summed E-state index contributed by atoms with van der Waals surface area (Å²) in [5, 5.41) is 6.43. The van der Waals surface area contributed by atoms with E-state index < -0.39 is 0 Å². The van der Waals surface area contributed by atoms with Gasteiger partial charge in [-0.05, 0) is 24.8 Å². The second kappa shape index (κ2) is 3.65. The molecule has 2 nitrogen and oxygen atoms in total. The van der Waals surface area contributed by atoms with Crippen molar-refractivity contribution < 1.29 is 0 Å². The molecule has 2 N–H and O–H groups in total. The van der Waals surface area contributed by atoms with Crippen molar-refractivity contribution in [2.45, 2.75) is 20.3 Å². The van der Waals surface area contributed by atoms with Crippen molar-refractivity contribution in [1.29, 1.82) is 0 Å². The summed E-state index contributed by atoms with van der Waals surface area (Å²) >= 11 is 0. The van der Waals surface area contributed by atoms with Crippen LogP contribution in [0.15, 0.2) is 23.0 Å². The van der Waals surface area contributed by atoms with Gasteiger partial charge in [0, 0.05) is 14.1 Å². The predicted octanol–water partition coefficient (Wildman–Crippen LogP) is 1.62. The number of rotatable bonds is 2. The fourth-order valence-corrected chi connectivity index (χ4v) is 1.80. The maximum Gasteiger partial charge on any atom is 0.0559 e. The molecule has 0 saturated carbocycles. The zero-order chi connectivity index (χ0) is 9.14. The minimum absolute atomic E-state index is 0.657. The van der Waals surface area contributed by atoms with Gasteiger partial charge in [0.05, 0.1) is 11.4 Å². The highest BCUT2D eigenvalue weighted by Crippen LogP contribution is 2.24. The lowest BCUT2D eigenvalue weighted by Gasteiger charge is -2.23. The predicted molar refractivity (Wildman–Crippen MR) is 52.7 cm³/mol. The van der Waals surface area contributed by atoms with Crippen LogP contribution in [0.3, 0.4) is 0 Å². The van der Waals surface area contributed by atoms with Gasteiger partial charge in [0.15, 0.2) is 0 Å². The molecule has 1 aliphatic carbocycles. The van der Waals surface area contributed by atoms with E-state index >= 15 is 0 Å². The summed E-state index contributed by atoms with van der Waals surface area (Å²) in [5.74, 6) is 0.657. The van der Waals surface area contributed by atoms with E-state index in [0.29, 0.717) is 5.92 Å². The lowest BCUT2D eigenvalue weighted by atomic mass is 9.93. The zero-order valence-corrected chi connectivity index (χ0v) is 8.36. The van der Waals surface area contributed by atoms with E-state index in [1.54, 1.807) is 0 Å². The molecule has 0 fully saturated rings. The molecular formula is C10H18N2. The minimum Gasteiger partial charge on any atom is -0.387 e. The Morgan fingerprint density at radius 1 is 1.33 bits per heavy atom. The minimum atomic E-state index is 0.657. The third kappa shape index (κ3) is 1.63. The van der Waals surface area contributed by atoms with Crippen LogP contribution in [0.1, 0.15) is 20.3 Å². The van der Waals surface area contributed by atoms with Crippen LogP contribution >= 0.6 is 0 Å². The van der Waals surface area contributed by atoms with Gasteiger partial charge in [0.2, 0.25) is 0 Å². The number of hydrogen-bond donors (Lipinski definition) is 2. The van der Waals surface area contributed by atoms with Crippen molar-refractivity contribution >= 4 is 0 Å². The molecule has 1 unspecified atom stereocenters. The van der Waals surface area contributed by atoms with Crippen LogP contribution in [-0.4, -0.2) is 14.1 Å². The largest absolute Gasteiger partial charge is 0.387 e. The molecule has 0 amide bonds. The number of allylic oxidation sites excluding steroid dienone is 2. The first kappa shape index (κ1) is 9.17. The number of hydrogen-bond acceptors (Lipinski definition) is 2. The molecule has 68 valence electrons. The van der Waals surface area contributed by atoms with E-state index in [1.165, 1.54) is 23.4 Å². The first-order valence-corrected chi connectivity index (χ1v) is 4.46. The molecule has 1 aliphatic rings. The monoisotopic (exact) mass is 166 g/mol. The van der Waals surface area contributed by atoms with Crippen LogP contribution in [0.2, 0.25) is 0 Å². The molecule has 2 heteroatoms. The van der Waals surface area contributed by atoms with Gasteiger partial charge < -0.3 is 10.6 Å². The average Bonchev–Trinajstić information content (AvgIpc) is 2.03. The van der Waals surface area contributed by atoms with E-state index in [9.17, 15) is 0 Å². The summed E-state index contributed by atoms with van der Waals surface area (Å²) in [6, 6.07) is 0. The first-order chi connectivity index (χ1) is 5.69. The molecule has 12 heavy (non-hydrogen) atoms. The Morgan fingerprint density at radius 3 is 2.50 bits per heavy atom. The topological polar surface area (TPSA) is 24.1 Å². The van der Waals surface area contributed by atoms with E-state index in [0.717, 1.165) is 0 Å². The third-order valence-electron chi connectivity index (χ3n) is 2.29. The highest BCUT2D eigenvalue weighted by molar-refractivity contribution is 5.35. The third-order valence-corrected chi connectivity index (χ3v) is 2.29. The molecule has 0 saturated heterocycles. The molecule has 0 aromatic heterocycles. The van der Waals surface area contributed by atoms with Crippen molar-refractivity contribution in [1.82, 2.24) is 10.6 Å². The summed E-state index contributed by atoms with van der Waals surface area (Å²) in [6.45, 7) is 4.43. The smallest absolute Gasteiger partial charge is 0.0559 e. The van der Waals surface area contributed by atoms with E-state index in [4.69, 9.17) is 0 Å². The molecule has 1 atom stereocenters. The van der Waals surface area contributed by atoms with Crippen LogP contribution < -0.4 is 10.6 Å². The van der Waals surface area contributed by atoms with Crippen LogP contribution in [0.5, 0.6) is 0 Å². The van der Waals surface area contributed by atoms with Gasteiger partial charge in [-0.15, -0.1) is 0 Å². The molecule has 0 bridgehead atoms. The number of nitrogens with one attached hydrogen (secondary N) is 2.